The van der Waals surface area contributed by atoms with Gasteiger partial charge in [0.25, 0.3) is 5.91 Å². The van der Waals surface area contributed by atoms with Crippen LogP contribution in [0.4, 0.5) is 5.69 Å². The molecule has 0 saturated heterocycles. The maximum atomic E-state index is 12.7. The van der Waals surface area contributed by atoms with E-state index in [0.717, 1.165) is 5.56 Å². The average Bonchev–Trinajstić information content (AvgIpc) is 2.65. The van der Waals surface area contributed by atoms with Gasteiger partial charge in [0, 0.05) is 11.3 Å². The summed E-state index contributed by atoms with van der Waals surface area (Å²) in [6.07, 6.45) is 2.39. The van der Waals surface area contributed by atoms with E-state index < -0.39 is 12.0 Å². The number of carboxylic acid groups (broad SMARTS) is 1. The Morgan fingerprint density at radius 2 is 1.78 bits per heavy atom. The Morgan fingerprint density at radius 1 is 1.07 bits per heavy atom. The first-order valence-corrected chi connectivity index (χ1v) is 9.81. The van der Waals surface area contributed by atoms with Crippen LogP contribution < -0.4 is 10.6 Å². The van der Waals surface area contributed by atoms with Crippen molar-refractivity contribution in [3.8, 4) is 0 Å². The number of benzene rings is 2. The van der Waals surface area contributed by atoms with Gasteiger partial charge in [-0.3, -0.25) is 9.59 Å². The molecule has 2 aromatic rings. The molecule has 3 N–H and O–H groups in total. The van der Waals surface area contributed by atoms with Crippen LogP contribution in [-0.4, -0.2) is 40.9 Å². The normalized spacial score (nSPS) is 11.5. The summed E-state index contributed by atoms with van der Waals surface area (Å²) in [6, 6.07) is 12.4. The van der Waals surface area contributed by atoms with E-state index in [4.69, 9.17) is 5.11 Å². The van der Waals surface area contributed by atoms with Crippen LogP contribution in [0.25, 0.3) is 0 Å². The van der Waals surface area contributed by atoms with Crippen molar-refractivity contribution in [3.05, 3.63) is 65.2 Å². The Balaban J connectivity index is 2.12. The molecule has 2 amide bonds. The quantitative estimate of drug-likeness (QED) is 0.648. The standard InChI is InChI=1S/C20H22N2O4S/c1-13-5-3-6-14(11-13)18(23)22-17(9-10-27-2)19(24)21-16-8-4-7-15(12-16)20(25)26/h3-8,11-12,17H,9-10H2,1-2H3,(H,21,24)(H,22,23)(H,25,26). The van der Waals surface area contributed by atoms with Gasteiger partial charge in [-0.15, -0.1) is 0 Å². The van der Waals surface area contributed by atoms with Crippen molar-refractivity contribution in [1.29, 1.82) is 0 Å². The van der Waals surface area contributed by atoms with E-state index in [1.165, 1.54) is 12.1 Å². The zero-order valence-corrected chi connectivity index (χ0v) is 16.0. The molecule has 0 heterocycles. The van der Waals surface area contributed by atoms with E-state index in [9.17, 15) is 14.4 Å². The number of anilines is 1. The van der Waals surface area contributed by atoms with E-state index in [1.54, 1.807) is 42.1 Å². The third-order valence-electron chi connectivity index (χ3n) is 3.89. The minimum absolute atomic E-state index is 0.0808. The average molecular weight is 386 g/mol. The van der Waals surface area contributed by atoms with Gasteiger partial charge in [0.05, 0.1) is 5.56 Å². The second-order valence-electron chi connectivity index (χ2n) is 6.05. The highest BCUT2D eigenvalue weighted by atomic mass is 32.2. The summed E-state index contributed by atoms with van der Waals surface area (Å²) in [6.45, 7) is 1.89. The number of aromatic carboxylic acids is 1. The fraction of sp³-hybridized carbons (Fsp3) is 0.250. The van der Waals surface area contributed by atoms with Crippen molar-refractivity contribution < 1.29 is 19.5 Å². The summed E-state index contributed by atoms with van der Waals surface area (Å²) in [5.41, 5.74) is 1.90. The molecular weight excluding hydrogens is 364 g/mol. The van der Waals surface area contributed by atoms with Crippen LogP contribution in [0, 0.1) is 6.92 Å². The van der Waals surface area contributed by atoms with E-state index in [-0.39, 0.29) is 17.4 Å². The number of hydrogen-bond acceptors (Lipinski definition) is 4. The van der Waals surface area contributed by atoms with E-state index >= 15 is 0 Å². The first kappa shape index (κ1) is 20.5. The third-order valence-corrected chi connectivity index (χ3v) is 4.53. The molecule has 0 radical (unpaired) electrons. The molecule has 0 aliphatic heterocycles. The lowest BCUT2D eigenvalue weighted by molar-refractivity contribution is -0.118. The smallest absolute Gasteiger partial charge is 0.335 e. The van der Waals surface area contributed by atoms with Crippen molar-refractivity contribution in [1.82, 2.24) is 5.32 Å². The fourth-order valence-electron chi connectivity index (χ4n) is 2.49. The molecule has 1 atom stereocenters. The lowest BCUT2D eigenvalue weighted by Crippen LogP contribution is -2.44. The molecule has 7 heteroatoms. The highest BCUT2D eigenvalue weighted by Gasteiger charge is 2.21. The fourth-order valence-corrected chi connectivity index (χ4v) is 2.96. The highest BCUT2D eigenvalue weighted by molar-refractivity contribution is 7.98. The summed E-state index contributed by atoms with van der Waals surface area (Å²) in [7, 11) is 0. The Hall–Kier alpha value is -2.80. The predicted molar refractivity (Wildman–Crippen MR) is 107 cm³/mol. The molecule has 0 saturated carbocycles. The van der Waals surface area contributed by atoms with Crippen molar-refractivity contribution in [3.63, 3.8) is 0 Å². The minimum Gasteiger partial charge on any atom is -0.478 e. The molecule has 0 spiro atoms. The van der Waals surface area contributed by atoms with Crippen LogP contribution in [-0.2, 0) is 4.79 Å². The topological polar surface area (TPSA) is 95.5 Å². The van der Waals surface area contributed by atoms with E-state index in [2.05, 4.69) is 10.6 Å². The molecular formula is C20H22N2O4S. The van der Waals surface area contributed by atoms with Gasteiger partial charge in [-0.05, 0) is 55.7 Å². The Morgan fingerprint density at radius 3 is 2.44 bits per heavy atom. The van der Waals surface area contributed by atoms with E-state index in [1.807, 2.05) is 19.2 Å². The Kier molecular flexibility index (Phi) is 7.43. The van der Waals surface area contributed by atoms with Gasteiger partial charge in [0.2, 0.25) is 5.91 Å². The molecule has 142 valence electrons. The monoisotopic (exact) mass is 386 g/mol. The second-order valence-corrected chi connectivity index (χ2v) is 7.04. The van der Waals surface area contributed by atoms with Gasteiger partial charge in [-0.2, -0.15) is 11.8 Å². The number of carboxylic acids is 1. The molecule has 0 aliphatic carbocycles. The largest absolute Gasteiger partial charge is 0.478 e. The van der Waals surface area contributed by atoms with Gasteiger partial charge in [-0.1, -0.05) is 23.8 Å². The van der Waals surface area contributed by atoms with Crippen LogP contribution in [0.15, 0.2) is 48.5 Å². The number of hydrogen-bond donors (Lipinski definition) is 3. The van der Waals surface area contributed by atoms with Gasteiger partial charge < -0.3 is 15.7 Å². The number of rotatable bonds is 8. The lowest BCUT2D eigenvalue weighted by atomic mass is 10.1. The summed E-state index contributed by atoms with van der Waals surface area (Å²) < 4.78 is 0. The molecule has 27 heavy (non-hydrogen) atoms. The summed E-state index contributed by atoms with van der Waals surface area (Å²) in [5.74, 6) is -1.08. The predicted octanol–water partition coefficient (Wildman–Crippen LogP) is 3.18. The van der Waals surface area contributed by atoms with Crippen LogP contribution in [0.3, 0.4) is 0 Å². The summed E-state index contributed by atoms with van der Waals surface area (Å²) in [4.78, 5) is 36.2. The molecule has 0 aliphatic rings. The molecule has 2 aromatic carbocycles. The molecule has 2 rings (SSSR count). The first-order chi connectivity index (χ1) is 12.9. The molecule has 0 bridgehead atoms. The van der Waals surface area contributed by atoms with Crippen LogP contribution in [0.1, 0.15) is 32.7 Å². The maximum Gasteiger partial charge on any atom is 0.335 e. The number of carbonyl (C=O) groups is 3. The maximum absolute atomic E-state index is 12.7. The molecule has 0 fully saturated rings. The van der Waals surface area contributed by atoms with E-state index in [0.29, 0.717) is 23.4 Å². The van der Waals surface area contributed by atoms with Crippen molar-refractivity contribution in [2.45, 2.75) is 19.4 Å². The number of aryl methyl sites for hydroxylation is 1. The zero-order valence-electron chi connectivity index (χ0n) is 15.2. The summed E-state index contributed by atoms with van der Waals surface area (Å²) in [5, 5.41) is 14.5. The molecule has 1 unspecified atom stereocenters. The van der Waals surface area contributed by atoms with Crippen LogP contribution in [0.5, 0.6) is 0 Å². The van der Waals surface area contributed by atoms with Gasteiger partial charge in [0.15, 0.2) is 0 Å². The number of amides is 2. The number of thioether (sulfide) groups is 1. The van der Waals surface area contributed by atoms with Crippen LogP contribution >= 0.6 is 11.8 Å². The zero-order chi connectivity index (χ0) is 19.8. The van der Waals surface area contributed by atoms with Gasteiger partial charge >= 0.3 is 5.97 Å². The number of carbonyl (C=O) groups excluding carboxylic acids is 2. The Labute approximate surface area is 162 Å². The SMILES string of the molecule is CSCCC(NC(=O)c1cccc(C)c1)C(=O)Nc1cccc(C(=O)O)c1. The van der Waals surface area contributed by atoms with Crippen molar-refractivity contribution >= 4 is 35.2 Å². The van der Waals surface area contributed by atoms with Gasteiger partial charge in [-0.25, -0.2) is 4.79 Å². The van der Waals surface area contributed by atoms with Crippen molar-refractivity contribution in [2.75, 3.05) is 17.3 Å². The summed E-state index contributed by atoms with van der Waals surface area (Å²) >= 11 is 1.58. The van der Waals surface area contributed by atoms with Crippen molar-refractivity contribution in [2.24, 2.45) is 0 Å². The lowest BCUT2D eigenvalue weighted by Gasteiger charge is -2.18. The number of nitrogens with one attached hydrogen (secondary N) is 2. The second kappa shape index (κ2) is 9.78. The molecule has 6 nitrogen and oxygen atoms in total. The van der Waals surface area contributed by atoms with Gasteiger partial charge in [0.1, 0.15) is 6.04 Å². The highest BCUT2D eigenvalue weighted by Crippen LogP contribution is 2.13. The first-order valence-electron chi connectivity index (χ1n) is 8.41. The van der Waals surface area contributed by atoms with Crippen LogP contribution in [0.2, 0.25) is 0 Å². The Bertz CT molecular complexity index is 838. The molecule has 0 aromatic heterocycles. The third kappa shape index (κ3) is 6.14. The minimum atomic E-state index is -1.07.